The molecule has 0 saturated carbocycles. The smallest absolute Gasteiger partial charge is 0.0205 e. The van der Waals surface area contributed by atoms with E-state index in [0.29, 0.717) is 0 Å². The molecule has 0 aliphatic rings. The fourth-order valence-corrected chi connectivity index (χ4v) is 1.34. The fourth-order valence-electron chi connectivity index (χ4n) is 1.34. The van der Waals surface area contributed by atoms with Gasteiger partial charge in [0, 0.05) is 18.6 Å². The minimum atomic E-state index is -0.170. The Labute approximate surface area is 99.2 Å². The Balaban J connectivity index is 2.42. The summed E-state index contributed by atoms with van der Waals surface area (Å²) in [5, 5.41) is 3.47. The van der Waals surface area contributed by atoms with E-state index in [1.807, 2.05) is 6.07 Å². The summed E-state index contributed by atoms with van der Waals surface area (Å²) in [7, 11) is 0. The predicted molar refractivity (Wildman–Crippen MR) is 70.2 cm³/mol. The summed E-state index contributed by atoms with van der Waals surface area (Å²) in [6, 6.07) is 10.4. The van der Waals surface area contributed by atoms with Gasteiger partial charge in [0.25, 0.3) is 0 Å². The van der Waals surface area contributed by atoms with Crippen molar-refractivity contribution < 1.29 is 0 Å². The third kappa shape index (κ3) is 3.62. The van der Waals surface area contributed by atoms with Crippen molar-refractivity contribution in [2.75, 3.05) is 6.54 Å². The summed E-state index contributed by atoms with van der Waals surface area (Å²) >= 11 is 0. The van der Waals surface area contributed by atoms with Gasteiger partial charge in [-0.2, -0.15) is 0 Å². The van der Waals surface area contributed by atoms with Crippen LogP contribution < -0.4 is 11.1 Å². The summed E-state index contributed by atoms with van der Waals surface area (Å²) < 4.78 is 0. The van der Waals surface area contributed by atoms with Crippen molar-refractivity contribution in [3.63, 3.8) is 0 Å². The van der Waals surface area contributed by atoms with Gasteiger partial charge in [0.05, 0.1) is 0 Å². The van der Waals surface area contributed by atoms with Crippen molar-refractivity contribution in [3.8, 4) is 0 Å². The van der Waals surface area contributed by atoms with Gasteiger partial charge >= 0.3 is 0 Å². The Kier molecular flexibility index (Phi) is 4.11. The number of rotatable bonds is 5. The highest BCUT2D eigenvalue weighted by Gasteiger charge is 2.32. The molecule has 1 aromatic rings. The van der Waals surface area contributed by atoms with Crippen molar-refractivity contribution in [2.24, 2.45) is 11.1 Å². The zero-order valence-electron chi connectivity index (χ0n) is 10.9. The molecule has 2 nitrogen and oxygen atoms in total. The first kappa shape index (κ1) is 13.2. The molecule has 0 aromatic heterocycles. The Hall–Kier alpha value is -0.860. The van der Waals surface area contributed by atoms with Gasteiger partial charge in [-0.05, 0) is 24.8 Å². The summed E-state index contributed by atoms with van der Waals surface area (Å²) in [6.45, 7) is 10.4. The molecule has 0 aliphatic heterocycles. The number of hydrogen-bond donors (Lipinski definition) is 2. The second-order valence-electron chi connectivity index (χ2n) is 5.69. The van der Waals surface area contributed by atoms with Crippen LogP contribution in [-0.4, -0.2) is 12.1 Å². The molecule has 0 aliphatic carbocycles. The van der Waals surface area contributed by atoms with Gasteiger partial charge in [-0.15, -0.1) is 0 Å². The zero-order valence-corrected chi connectivity index (χ0v) is 10.9. The third-order valence-electron chi connectivity index (χ3n) is 3.48. The molecule has 3 N–H and O–H groups in total. The van der Waals surface area contributed by atoms with Crippen molar-refractivity contribution in [1.29, 1.82) is 0 Å². The molecule has 0 saturated heterocycles. The van der Waals surface area contributed by atoms with Gasteiger partial charge in [0.1, 0.15) is 0 Å². The van der Waals surface area contributed by atoms with Gasteiger partial charge in [0.15, 0.2) is 0 Å². The first-order chi connectivity index (χ1) is 7.33. The average Bonchev–Trinajstić information content (AvgIpc) is 2.17. The Morgan fingerprint density at radius 1 is 1.06 bits per heavy atom. The van der Waals surface area contributed by atoms with Crippen LogP contribution in [0.2, 0.25) is 0 Å². The Morgan fingerprint density at radius 2 is 1.62 bits per heavy atom. The van der Waals surface area contributed by atoms with Crippen LogP contribution in [0.4, 0.5) is 0 Å². The van der Waals surface area contributed by atoms with E-state index in [0.717, 1.165) is 13.1 Å². The van der Waals surface area contributed by atoms with E-state index in [4.69, 9.17) is 5.73 Å². The summed E-state index contributed by atoms with van der Waals surface area (Å²) in [6.07, 6.45) is 0. The molecule has 0 radical (unpaired) electrons. The van der Waals surface area contributed by atoms with Crippen LogP contribution in [0.15, 0.2) is 30.3 Å². The van der Waals surface area contributed by atoms with E-state index >= 15 is 0 Å². The van der Waals surface area contributed by atoms with E-state index in [9.17, 15) is 0 Å². The van der Waals surface area contributed by atoms with Gasteiger partial charge in [0.2, 0.25) is 0 Å². The Morgan fingerprint density at radius 3 is 2.12 bits per heavy atom. The fraction of sp³-hybridized carbons (Fsp3) is 0.571. The van der Waals surface area contributed by atoms with Crippen molar-refractivity contribution in [3.05, 3.63) is 35.9 Å². The molecular formula is C14H24N2. The van der Waals surface area contributed by atoms with Crippen LogP contribution in [0.1, 0.15) is 33.3 Å². The Bertz CT molecular complexity index is 309. The third-order valence-corrected chi connectivity index (χ3v) is 3.48. The first-order valence-corrected chi connectivity index (χ1v) is 5.86. The largest absolute Gasteiger partial charge is 0.325 e. The SMILES string of the molecule is CC(C)(N)C(C)(C)CNCc1ccccc1. The lowest BCUT2D eigenvalue weighted by Gasteiger charge is -2.38. The molecule has 90 valence electrons. The molecular weight excluding hydrogens is 196 g/mol. The topological polar surface area (TPSA) is 38.0 Å². The van der Waals surface area contributed by atoms with Gasteiger partial charge in [-0.1, -0.05) is 44.2 Å². The van der Waals surface area contributed by atoms with E-state index in [2.05, 4.69) is 57.3 Å². The summed E-state index contributed by atoms with van der Waals surface area (Å²) in [5.41, 5.74) is 7.38. The highest BCUT2D eigenvalue weighted by Crippen LogP contribution is 2.27. The molecule has 1 aromatic carbocycles. The second kappa shape index (κ2) is 4.98. The number of nitrogens with two attached hydrogens (primary N) is 1. The minimum absolute atomic E-state index is 0.0851. The summed E-state index contributed by atoms with van der Waals surface area (Å²) in [4.78, 5) is 0. The van der Waals surface area contributed by atoms with E-state index in [1.165, 1.54) is 5.56 Å². The van der Waals surface area contributed by atoms with Crippen LogP contribution in [-0.2, 0) is 6.54 Å². The number of nitrogens with one attached hydrogen (secondary N) is 1. The maximum atomic E-state index is 6.15. The van der Waals surface area contributed by atoms with Crippen LogP contribution in [0.5, 0.6) is 0 Å². The highest BCUT2D eigenvalue weighted by molar-refractivity contribution is 5.14. The lowest BCUT2D eigenvalue weighted by Crippen LogP contribution is -2.52. The maximum Gasteiger partial charge on any atom is 0.0205 e. The molecule has 0 amide bonds. The van der Waals surface area contributed by atoms with Crippen molar-refractivity contribution in [2.45, 2.75) is 39.8 Å². The molecule has 0 unspecified atom stereocenters. The van der Waals surface area contributed by atoms with E-state index < -0.39 is 0 Å². The second-order valence-corrected chi connectivity index (χ2v) is 5.69. The van der Waals surface area contributed by atoms with Crippen LogP contribution in [0.3, 0.4) is 0 Å². The van der Waals surface area contributed by atoms with Crippen molar-refractivity contribution >= 4 is 0 Å². The molecule has 16 heavy (non-hydrogen) atoms. The lowest BCUT2D eigenvalue weighted by molar-refractivity contribution is 0.195. The zero-order chi connectivity index (χ0) is 12.2. The van der Waals surface area contributed by atoms with Crippen LogP contribution >= 0.6 is 0 Å². The quantitative estimate of drug-likeness (QED) is 0.800. The number of hydrogen-bond acceptors (Lipinski definition) is 2. The standard InChI is InChI=1S/C14H24N2/c1-13(2,14(3,4)15)11-16-10-12-8-6-5-7-9-12/h5-9,16H,10-11,15H2,1-4H3. The molecule has 0 heterocycles. The summed E-state index contributed by atoms with van der Waals surface area (Å²) in [5.74, 6) is 0. The van der Waals surface area contributed by atoms with Crippen molar-refractivity contribution in [1.82, 2.24) is 5.32 Å². The molecule has 0 fully saturated rings. The normalized spacial score (nSPS) is 12.8. The van der Waals surface area contributed by atoms with Crippen LogP contribution in [0, 0.1) is 5.41 Å². The molecule has 0 atom stereocenters. The van der Waals surface area contributed by atoms with Gasteiger partial charge in [-0.25, -0.2) is 0 Å². The van der Waals surface area contributed by atoms with Crippen LogP contribution in [0.25, 0.3) is 0 Å². The monoisotopic (exact) mass is 220 g/mol. The first-order valence-electron chi connectivity index (χ1n) is 5.86. The van der Waals surface area contributed by atoms with Gasteiger partial charge < -0.3 is 11.1 Å². The molecule has 2 heteroatoms. The predicted octanol–water partition coefficient (Wildman–Crippen LogP) is 2.54. The van der Waals surface area contributed by atoms with Gasteiger partial charge in [-0.3, -0.25) is 0 Å². The van der Waals surface area contributed by atoms with E-state index in [-0.39, 0.29) is 11.0 Å². The van der Waals surface area contributed by atoms with E-state index in [1.54, 1.807) is 0 Å². The minimum Gasteiger partial charge on any atom is -0.325 e. The average molecular weight is 220 g/mol. The highest BCUT2D eigenvalue weighted by atomic mass is 14.9. The molecule has 0 bridgehead atoms. The number of benzene rings is 1. The molecule has 0 spiro atoms. The molecule has 1 rings (SSSR count). The maximum absolute atomic E-state index is 6.15. The lowest BCUT2D eigenvalue weighted by atomic mass is 9.75.